The van der Waals surface area contributed by atoms with Crippen molar-refractivity contribution in [2.45, 2.75) is 53.1 Å². The quantitative estimate of drug-likeness (QED) is 0.250. The SMILES string of the molecule is CCC(=O)Nc1ccc(N2C(=S)NC(c3ccccn3)C2c2cc(C)n(-c3cc(C)ccc3C)c2C)cc1OC. The van der Waals surface area contributed by atoms with E-state index in [0.717, 1.165) is 28.3 Å². The number of hydrogen-bond donors (Lipinski definition) is 2. The summed E-state index contributed by atoms with van der Waals surface area (Å²) in [4.78, 5) is 18.9. The number of amides is 1. The van der Waals surface area contributed by atoms with Crippen LogP contribution in [0.5, 0.6) is 5.75 Å². The second-order valence-electron chi connectivity index (χ2n) is 10.2. The first-order valence-corrected chi connectivity index (χ1v) is 13.9. The first-order valence-electron chi connectivity index (χ1n) is 13.5. The van der Waals surface area contributed by atoms with Gasteiger partial charge in [0.05, 0.1) is 30.6 Å². The normalized spacial score (nSPS) is 16.6. The first kappa shape index (κ1) is 27.4. The third kappa shape index (κ3) is 4.95. The molecule has 1 fully saturated rings. The number of carbonyl (C=O) groups is 1. The van der Waals surface area contributed by atoms with E-state index in [2.05, 4.69) is 72.1 Å². The number of hydrogen-bond acceptors (Lipinski definition) is 4. The Morgan fingerprint density at radius 3 is 2.58 bits per heavy atom. The molecule has 2 aromatic heterocycles. The molecule has 1 aliphatic heterocycles. The molecule has 3 heterocycles. The number of aryl methyl sites for hydroxylation is 3. The fourth-order valence-corrected chi connectivity index (χ4v) is 5.88. The van der Waals surface area contributed by atoms with E-state index in [1.807, 2.05) is 49.5 Å². The van der Waals surface area contributed by atoms with Gasteiger partial charge >= 0.3 is 0 Å². The number of ether oxygens (including phenoxy) is 1. The molecule has 1 aliphatic rings. The lowest BCUT2D eigenvalue weighted by Crippen LogP contribution is -2.29. The number of methoxy groups -OCH3 is 1. The summed E-state index contributed by atoms with van der Waals surface area (Å²) in [6.07, 6.45) is 2.20. The minimum Gasteiger partial charge on any atom is -0.494 e. The Morgan fingerprint density at radius 2 is 1.88 bits per heavy atom. The van der Waals surface area contributed by atoms with Crippen LogP contribution in [0.15, 0.2) is 66.9 Å². The van der Waals surface area contributed by atoms with Crippen molar-refractivity contribution in [1.82, 2.24) is 14.9 Å². The van der Waals surface area contributed by atoms with E-state index < -0.39 is 0 Å². The molecule has 0 bridgehead atoms. The largest absolute Gasteiger partial charge is 0.494 e. The van der Waals surface area contributed by atoms with E-state index in [9.17, 15) is 4.79 Å². The monoisotopic (exact) mass is 553 g/mol. The maximum Gasteiger partial charge on any atom is 0.224 e. The van der Waals surface area contributed by atoms with Crippen LogP contribution in [0.25, 0.3) is 5.69 Å². The molecule has 0 saturated carbocycles. The second kappa shape index (κ2) is 11.1. The third-order valence-electron chi connectivity index (χ3n) is 7.55. The smallest absolute Gasteiger partial charge is 0.224 e. The van der Waals surface area contributed by atoms with Crippen LogP contribution in [0.1, 0.15) is 59.2 Å². The molecule has 1 saturated heterocycles. The number of thiocarbonyl (C=S) groups is 1. The number of aromatic nitrogens is 2. The van der Waals surface area contributed by atoms with Gasteiger partial charge in [0, 0.05) is 41.4 Å². The Bertz CT molecular complexity index is 1580. The maximum atomic E-state index is 12.1. The minimum absolute atomic E-state index is 0.0728. The van der Waals surface area contributed by atoms with Gasteiger partial charge in [-0.2, -0.15) is 0 Å². The fourth-order valence-electron chi connectivity index (χ4n) is 5.54. The van der Waals surface area contributed by atoms with Crippen molar-refractivity contribution in [3.05, 3.63) is 101 Å². The average molecular weight is 554 g/mol. The van der Waals surface area contributed by atoms with E-state index in [4.69, 9.17) is 21.9 Å². The van der Waals surface area contributed by atoms with Crippen LogP contribution >= 0.6 is 12.2 Å². The lowest BCUT2D eigenvalue weighted by molar-refractivity contribution is -0.115. The lowest BCUT2D eigenvalue weighted by atomic mass is 9.96. The van der Waals surface area contributed by atoms with Crippen molar-refractivity contribution < 1.29 is 9.53 Å². The molecule has 0 radical (unpaired) electrons. The van der Waals surface area contributed by atoms with Gasteiger partial charge < -0.3 is 24.8 Å². The summed E-state index contributed by atoms with van der Waals surface area (Å²) in [6, 6.07) is 20.2. The van der Waals surface area contributed by atoms with E-state index in [1.54, 1.807) is 7.11 Å². The van der Waals surface area contributed by atoms with Crippen LogP contribution in [-0.4, -0.2) is 27.7 Å². The molecular formula is C32H35N5O2S. The summed E-state index contributed by atoms with van der Waals surface area (Å²) in [5.41, 5.74) is 9.46. The molecule has 2 atom stereocenters. The zero-order valence-electron chi connectivity index (χ0n) is 23.8. The molecule has 2 unspecified atom stereocenters. The number of pyridine rings is 1. The van der Waals surface area contributed by atoms with Gasteiger partial charge in [0.2, 0.25) is 5.91 Å². The van der Waals surface area contributed by atoms with E-state index >= 15 is 0 Å². The van der Waals surface area contributed by atoms with Gasteiger partial charge in [-0.15, -0.1) is 0 Å². The topological polar surface area (TPSA) is 71.4 Å². The predicted octanol–water partition coefficient (Wildman–Crippen LogP) is 6.64. The van der Waals surface area contributed by atoms with Gasteiger partial charge in [-0.05, 0) is 93.0 Å². The van der Waals surface area contributed by atoms with Gasteiger partial charge in [0.1, 0.15) is 5.75 Å². The van der Waals surface area contributed by atoms with Gasteiger partial charge in [-0.1, -0.05) is 25.1 Å². The highest BCUT2D eigenvalue weighted by Gasteiger charge is 2.42. The van der Waals surface area contributed by atoms with Crippen molar-refractivity contribution in [1.29, 1.82) is 0 Å². The van der Waals surface area contributed by atoms with Crippen LogP contribution in [0.4, 0.5) is 11.4 Å². The summed E-state index contributed by atoms with van der Waals surface area (Å²) < 4.78 is 8.02. The minimum atomic E-state index is -0.174. The number of rotatable bonds is 7. The Hall–Kier alpha value is -4.17. The van der Waals surface area contributed by atoms with Crippen molar-refractivity contribution in [2.75, 3.05) is 17.3 Å². The standard InChI is InChI=1S/C32H35N5O2S/c1-7-29(38)34-25-14-13-23(18-28(25)39-6)37-31(30(35-32(37)40)26-10-8-9-15-33-26)24-17-21(4)36(22(24)5)27-16-19(2)11-12-20(27)3/h8-18,30-31H,7H2,1-6H3,(H,34,38)(H,35,40). The molecular weight excluding hydrogens is 518 g/mol. The van der Waals surface area contributed by atoms with Crippen LogP contribution in [0, 0.1) is 27.7 Å². The molecule has 206 valence electrons. The molecule has 0 aliphatic carbocycles. The number of benzene rings is 2. The average Bonchev–Trinajstić information content (AvgIpc) is 3.45. The number of nitrogens with zero attached hydrogens (tertiary/aromatic N) is 3. The molecule has 2 aromatic carbocycles. The first-order chi connectivity index (χ1) is 19.2. The highest BCUT2D eigenvalue weighted by atomic mass is 32.1. The van der Waals surface area contributed by atoms with E-state index in [1.165, 1.54) is 16.8 Å². The van der Waals surface area contributed by atoms with E-state index in [0.29, 0.717) is 23.0 Å². The van der Waals surface area contributed by atoms with Gasteiger partial charge in [0.15, 0.2) is 5.11 Å². The summed E-state index contributed by atoms with van der Waals surface area (Å²) in [5, 5.41) is 7.07. The zero-order valence-corrected chi connectivity index (χ0v) is 24.6. The van der Waals surface area contributed by atoms with E-state index in [-0.39, 0.29) is 18.0 Å². The summed E-state index contributed by atoms with van der Waals surface area (Å²) >= 11 is 5.96. The highest BCUT2D eigenvalue weighted by Crippen LogP contribution is 2.45. The molecule has 5 rings (SSSR count). The zero-order chi connectivity index (χ0) is 28.6. The molecule has 40 heavy (non-hydrogen) atoms. The fraction of sp³-hybridized carbons (Fsp3) is 0.281. The van der Waals surface area contributed by atoms with Crippen LogP contribution in [-0.2, 0) is 4.79 Å². The Balaban J connectivity index is 1.66. The Labute approximate surface area is 241 Å². The summed E-state index contributed by atoms with van der Waals surface area (Å²) in [6.45, 7) is 10.4. The molecule has 7 nitrogen and oxygen atoms in total. The highest BCUT2D eigenvalue weighted by molar-refractivity contribution is 7.80. The van der Waals surface area contributed by atoms with Gasteiger partial charge in [0.25, 0.3) is 0 Å². The lowest BCUT2D eigenvalue weighted by Gasteiger charge is -2.29. The predicted molar refractivity (Wildman–Crippen MR) is 165 cm³/mol. The molecule has 1 amide bonds. The van der Waals surface area contributed by atoms with Crippen molar-refractivity contribution in [3.63, 3.8) is 0 Å². The number of anilines is 2. The Kier molecular flexibility index (Phi) is 7.63. The summed E-state index contributed by atoms with van der Waals surface area (Å²) in [5.74, 6) is 0.499. The second-order valence-corrected chi connectivity index (χ2v) is 10.6. The van der Waals surface area contributed by atoms with Crippen LogP contribution in [0.2, 0.25) is 0 Å². The maximum absolute atomic E-state index is 12.1. The molecule has 0 spiro atoms. The van der Waals surface area contributed by atoms with Gasteiger partial charge in [-0.25, -0.2) is 0 Å². The Morgan fingerprint density at radius 1 is 1.07 bits per heavy atom. The molecule has 8 heteroatoms. The van der Waals surface area contributed by atoms with Crippen LogP contribution < -0.4 is 20.3 Å². The summed E-state index contributed by atoms with van der Waals surface area (Å²) in [7, 11) is 1.60. The molecule has 4 aromatic rings. The van der Waals surface area contributed by atoms with Crippen molar-refractivity contribution in [2.24, 2.45) is 0 Å². The van der Waals surface area contributed by atoms with Crippen molar-refractivity contribution in [3.8, 4) is 11.4 Å². The molecule has 2 N–H and O–H groups in total. The van der Waals surface area contributed by atoms with Crippen molar-refractivity contribution >= 4 is 34.6 Å². The third-order valence-corrected chi connectivity index (χ3v) is 7.87. The number of carbonyl (C=O) groups excluding carboxylic acids is 1. The number of nitrogens with one attached hydrogen (secondary N) is 2. The van der Waals surface area contributed by atoms with Crippen LogP contribution in [0.3, 0.4) is 0 Å². The van der Waals surface area contributed by atoms with Gasteiger partial charge in [-0.3, -0.25) is 9.78 Å².